The van der Waals surface area contributed by atoms with Crippen molar-refractivity contribution in [2.75, 3.05) is 5.75 Å². The van der Waals surface area contributed by atoms with E-state index < -0.39 is 39.3 Å². The van der Waals surface area contributed by atoms with E-state index >= 15 is 0 Å². The molecule has 1 aromatic carbocycles. The first-order valence-corrected chi connectivity index (χ1v) is 10.6. The number of hydrogen-bond donors (Lipinski definition) is 2. The number of aliphatic hydroxyl groups is 1. The molecule has 3 aromatic rings. The minimum absolute atomic E-state index is 0.0154. The topological polar surface area (TPSA) is 133 Å². The van der Waals surface area contributed by atoms with Gasteiger partial charge in [0.05, 0.1) is 29.9 Å². The van der Waals surface area contributed by atoms with E-state index in [1.54, 1.807) is 0 Å². The highest BCUT2D eigenvalue weighted by Gasteiger charge is 2.32. The van der Waals surface area contributed by atoms with Crippen LogP contribution >= 0.6 is 0 Å². The Hall–Kier alpha value is -3.10. The summed E-state index contributed by atoms with van der Waals surface area (Å²) in [5, 5.41) is 23.5. The van der Waals surface area contributed by atoms with Crippen LogP contribution in [0.25, 0.3) is 11.4 Å². The fraction of sp³-hybridized carbons (Fsp3) is 0.278. The lowest BCUT2D eigenvalue weighted by Gasteiger charge is -2.21. The van der Waals surface area contributed by atoms with Crippen LogP contribution in [0, 0.1) is 5.82 Å². The van der Waals surface area contributed by atoms with Crippen molar-refractivity contribution in [2.45, 2.75) is 25.4 Å². The molecule has 0 aliphatic heterocycles. The maximum atomic E-state index is 14.0. The number of aromatic nitrogens is 4. The third kappa shape index (κ3) is 6.21. The van der Waals surface area contributed by atoms with E-state index in [-0.39, 0.29) is 29.2 Å². The number of halogens is 4. The molecule has 3 rings (SSSR count). The molecule has 2 aromatic heterocycles. The number of hydrogen-bond acceptors (Lipinski definition) is 7. The van der Waals surface area contributed by atoms with E-state index in [9.17, 15) is 31.1 Å². The third-order valence-electron chi connectivity index (χ3n) is 4.14. The van der Waals surface area contributed by atoms with Crippen LogP contribution in [0.4, 0.5) is 17.6 Å². The van der Waals surface area contributed by atoms with Gasteiger partial charge in [-0.1, -0.05) is 6.07 Å². The molecule has 0 saturated carbocycles. The number of alkyl halides is 3. The van der Waals surface area contributed by atoms with Crippen LogP contribution in [-0.2, 0) is 22.2 Å². The Kier molecular flexibility index (Phi) is 6.22. The van der Waals surface area contributed by atoms with Crippen molar-refractivity contribution in [3.05, 3.63) is 59.7 Å². The summed E-state index contributed by atoms with van der Waals surface area (Å²) in [6, 6.07) is 6.99. The minimum atomic E-state index is -4.92. The summed E-state index contributed by atoms with van der Waals surface area (Å²) >= 11 is 0. The average molecular weight is 475 g/mol. The predicted molar refractivity (Wildman–Crippen MR) is 103 cm³/mol. The number of nitrogens with two attached hydrogens (primary N) is 1. The molecule has 0 fully saturated rings. The Morgan fingerprint density at radius 2 is 1.91 bits per heavy atom. The molecule has 32 heavy (non-hydrogen) atoms. The van der Waals surface area contributed by atoms with Crippen molar-refractivity contribution < 1.29 is 35.8 Å². The normalized spacial score (nSPS) is 14.2. The van der Waals surface area contributed by atoms with E-state index in [1.807, 2.05) is 0 Å². The van der Waals surface area contributed by atoms with Crippen LogP contribution in [0.5, 0.6) is 5.75 Å². The Morgan fingerprint density at radius 3 is 2.56 bits per heavy atom. The number of rotatable bonds is 7. The van der Waals surface area contributed by atoms with Gasteiger partial charge in [0.15, 0.2) is 0 Å². The molecular formula is C18H17F4N5O4S. The molecular weight excluding hydrogens is 458 g/mol. The van der Waals surface area contributed by atoms with E-state index in [0.717, 1.165) is 23.0 Å². The summed E-state index contributed by atoms with van der Waals surface area (Å²) < 4.78 is 77.7. The van der Waals surface area contributed by atoms with E-state index in [4.69, 9.17) is 5.14 Å². The maximum Gasteiger partial charge on any atom is 0.573 e. The highest BCUT2D eigenvalue weighted by molar-refractivity contribution is 7.89. The van der Waals surface area contributed by atoms with Gasteiger partial charge in [-0.2, -0.15) is 15.0 Å². The Labute approximate surface area is 179 Å². The summed E-state index contributed by atoms with van der Waals surface area (Å²) in [4.78, 5) is 5.22. The number of pyridine rings is 1. The van der Waals surface area contributed by atoms with Crippen LogP contribution in [0.2, 0.25) is 0 Å². The molecule has 0 unspecified atom stereocenters. The second-order valence-corrected chi connectivity index (χ2v) is 8.66. The molecule has 0 bridgehead atoms. The quantitative estimate of drug-likeness (QED) is 0.499. The Bertz CT molecular complexity index is 1230. The lowest BCUT2D eigenvalue weighted by atomic mass is 10.0. The summed E-state index contributed by atoms with van der Waals surface area (Å²) in [5.74, 6) is -2.14. The van der Waals surface area contributed by atoms with E-state index in [2.05, 4.69) is 19.9 Å². The molecule has 0 amide bonds. The molecule has 1 atom stereocenters. The zero-order valence-corrected chi connectivity index (χ0v) is 17.2. The smallest absolute Gasteiger partial charge is 0.406 e. The molecule has 14 heteroatoms. The molecule has 3 N–H and O–H groups in total. The number of ether oxygens (including phenoxy) is 1. The van der Waals surface area contributed by atoms with Gasteiger partial charge in [-0.25, -0.2) is 22.9 Å². The summed E-state index contributed by atoms with van der Waals surface area (Å²) in [7, 11) is -4.00. The average Bonchev–Trinajstić information content (AvgIpc) is 3.10. The summed E-state index contributed by atoms with van der Waals surface area (Å²) in [5.41, 5.74) is -1.59. The van der Waals surface area contributed by atoms with Crippen molar-refractivity contribution in [3.63, 3.8) is 0 Å². The van der Waals surface area contributed by atoms with Gasteiger partial charge < -0.3 is 9.84 Å². The van der Waals surface area contributed by atoms with Crippen LogP contribution in [0.15, 0.2) is 42.6 Å². The maximum absolute atomic E-state index is 14.0. The number of benzene rings is 1. The zero-order chi connectivity index (χ0) is 23.7. The minimum Gasteiger partial charge on any atom is -0.406 e. The molecule has 0 radical (unpaired) electrons. The standard InChI is InChI=1S/C18H17F4N5O4S/c1-17(28,10-32(23,29)30)16-4-2-3-14(25-16)15-8-24-27(26-15)9-11-7-12(5-6-13(11)19)31-18(20,21)22/h2-8,28H,9-10H2,1H3,(H2,23,29,30)/t17-/m1/s1. The van der Waals surface area contributed by atoms with Crippen molar-refractivity contribution in [2.24, 2.45) is 5.14 Å². The van der Waals surface area contributed by atoms with Crippen LogP contribution in [-0.4, -0.2) is 45.6 Å². The first kappa shape index (κ1) is 23.6. The first-order chi connectivity index (χ1) is 14.7. The number of sulfonamides is 1. The van der Waals surface area contributed by atoms with Crippen LogP contribution in [0.3, 0.4) is 0 Å². The van der Waals surface area contributed by atoms with Crippen molar-refractivity contribution in [1.82, 2.24) is 20.0 Å². The van der Waals surface area contributed by atoms with Gasteiger partial charge in [0.25, 0.3) is 0 Å². The highest BCUT2D eigenvalue weighted by atomic mass is 32.2. The molecule has 9 nitrogen and oxygen atoms in total. The largest absolute Gasteiger partial charge is 0.573 e. The third-order valence-corrected chi connectivity index (χ3v) is 5.11. The molecule has 2 heterocycles. The van der Waals surface area contributed by atoms with Gasteiger partial charge in [-0.05, 0) is 37.3 Å². The first-order valence-electron chi connectivity index (χ1n) is 8.87. The second-order valence-electron chi connectivity index (χ2n) is 7.05. The van der Waals surface area contributed by atoms with Gasteiger partial charge in [0.1, 0.15) is 22.9 Å². The zero-order valence-electron chi connectivity index (χ0n) is 16.4. The van der Waals surface area contributed by atoms with Crippen molar-refractivity contribution in [3.8, 4) is 17.1 Å². The van der Waals surface area contributed by atoms with Gasteiger partial charge in [0.2, 0.25) is 10.0 Å². The fourth-order valence-corrected chi connectivity index (χ4v) is 3.79. The van der Waals surface area contributed by atoms with E-state index in [0.29, 0.717) is 0 Å². The SMILES string of the molecule is C[C@@](O)(CS(N)(=O)=O)c1cccc(-c2cnn(Cc3cc(OC(F)(F)F)ccc3F)n2)n1. The number of nitrogens with zero attached hydrogens (tertiary/aromatic N) is 4. The van der Waals surface area contributed by atoms with Crippen LogP contribution < -0.4 is 9.88 Å². The number of primary sulfonamides is 1. The lowest BCUT2D eigenvalue weighted by Crippen LogP contribution is -2.35. The summed E-state index contributed by atoms with van der Waals surface area (Å²) in [6.07, 6.45) is -3.65. The van der Waals surface area contributed by atoms with E-state index in [1.165, 1.54) is 31.3 Å². The molecule has 172 valence electrons. The monoisotopic (exact) mass is 475 g/mol. The molecule has 0 spiro atoms. The molecule has 0 aliphatic rings. The predicted octanol–water partition coefficient (Wildman–Crippen LogP) is 1.92. The van der Waals surface area contributed by atoms with Gasteiger partial charge in [-0.15, -0.1) is 13.2 Å². The lowest BCUT2D eigenvalue weighted by molar-refractivity contribution is -0.274. The van der Waals surface area contributed by atoms with Crippen molar-refractivity contribution in [1.29, 1.82) is 0 Å². The highest BCUT2D eigenvalue weighted by Crippen LogP contribution is 2.26. The van der Waals surface area contributed by atoms with Gasteiger partial charge >= 0.3 is 6.36 Å². The molecule has 0 aliphatic carbocycles. The van der Waals surface area contributed by atoms with Crippen LogP contribution in [0.1, 0.15) is 18.2 Å². The fourth-order valence-electron chi connectivity index (χ4n) is 2.86. The second kappa shape index (κ2) is 8.44. The van der Waals surface area contributed by atoms with Gasteiger partial charge in [0, 0.05) is 5.56 Å². The summed E-state index contributed by atoms with van der Waals surface area (Å²) in [6.45, 7) is 0.933. The Morgan fingerprint density at radius 1 is 1.19 bits per heavy atom. The van der Waals surface area contributed by atoms with Crippen molar-refractivity contribution >= 4 is 10.0 Å². The molecule has 0 saturated heterocycles. The van der Waals surface area contributed by atoms with Gasteiger partial charge in [-0.3, -0.25) is 0 Å². The Balaban J connectivity index is 1.84.